The summed E-state index contributed by atoms with van der Waals surface area (Å²) in [5.41, 5.74) is 1.87. The predicted octanol–water partition coefficient (Wildman–Crippen LogP) is 6.39. The van der Waals surface area contributed by atoms with Crippen LogP contribution >= 0.6 is 45.8 Å². The van der Waals surface area contributed by atoms with Gasteiger partial charge in [-0.3, -0.25) is 9.59 Å². The molecule has 0 aliphatic carbocycles. The molecule has 0 saturated carbocycles. The van der Waals surface area contributed by atoms with Crippen LogP contribution in [0.2, 0.25) is 10.0 Å². The lowest BCUT2D eigenvalue weighted by atomic mass is 9.59. The second kappa shape index (κ2) is 10.3. The Hall–Kier alpha value is -2.33. The molecule has 1 spiro atoms. The van der Waals surface area contributed by atoms with Crippen molar-refractivity contribution in [3.63, 3.8) is 0 Å². The summed E-state index contributed by atoms with van der Waals surface area (Å²) in [6, 6.07) is 18.1. The Labute approximate surface area is 244 Å². The molecule has 2 N–H and O–H groups in total. The van der Waals surface area contributed by atoms with Crippen LogP contribution < -0.4 is 15.4 Å². The van der Waals surface area contributed by atoms with E-state index in [4.69, 9.17) is 32.7 Å². The van der Waals surface area contributed by atoms with E-state index >= 15 is 0 Å². The smallest absolute Gasteiger partial charge is 0.238 e. The molecule has 2 amide bonds. The van der Waals surface area contributed by atoms with Crippen molar-refractivity contribution >= 4 is 63.3 Å². The predicted molar refractivity (Wildman–Crippen MR) is 155 cm³/mol. The van der Waals surface area contributed by atoms with Gasteiger partial charge in [-0.15, -0.1) is 0 Å². The number of carbonyl (C=O) groups is 2. The molecule has 3 heterocycles. The van der Waals surface area contributed by atoms with E-state index < -0.39 is 17.4 Å². The Morgan fingerprint density at radius 2 is 1.76 bits per heavy atom. The third-order valence-electron chi connectivity index (χ3n) is 7.75. The van der Waals surface area contributed by atoms with Gasteiger partial charge in [-0.1, -0.05) is 41.4 Å². The highest BCUT2D eigenvalue weighted by molar-refractivity contribution is 14.1. The van der Waals surface area contributed by atoms with Gasteiger partial charge in [0.1, 0.15) is 17.3 Å². The number of halogens is 3. The maximum Gasteiger partial charge on any atom is 0.238 e. The monoisotopic (exact) mass is 662 g/mol. The van der Waals surface area contributed by atoms with Crippen molar-refractivity contribution in [3.05, 3.63) is 91.0 Å². The van der Waals surface area contributed by atoms with Crippen LogP contribution in [0, 0.1) is 3.57 Å². The normalized spacial score (nSPS) is 25.1. The van der Waals surface area contributed by atoms with Crippen molar-refractivity contribution in [1.82, 2.24) is 5.32 Å². The van der Waals surface area contributed by atoms with Gasteiger partial charge >= 0.3 is 0 Å². The minimum atomic E-state index is -1.16. The minimum absolute atomic E-state index is 0.00923. The maximum absolute atomic E-state index is 14.3. The van der Waals surface area contributed by atoms with E-state index in [1.807, 2.05) is 42.5 Å². The van der Waals surface area contributed by atoms with Gasteiger partial charge in [-0.25, -0.2) is 0 Å². The molecule has 2 saturated heterocycles. The number of rotatable bonds is 4. The molecule has 6 rings (SSSR count). The third-order valence-corrected chi connectivity index (χ3v) is 8.89. The summed E-state index contributed by atoms with van der Waals surface area (Å²) in [6.07, 6.45) is 1.68. The van der Waals surface area contributed by atoms with Crippen LogP contribution in [0.5, 0.6) is 5.75 Å². The lowest BCUT2D eigenvalue weighted by Gasteiger charge is -2.46. The molecule has 0 radical (unpaired) electrons. The zero-order valence-corrected chi connectivity index (χ0v) is 24.0. The number of hydrogen-bond donors (Lipinski definition) is 2. The molecule has 6 nitrogen and oxygen atoms in total. The first kappa shape index (κ1) is 25.9. The fourth-order valence-corrected chi connectivity index (χ4v) is 6.98. The molecule has 196 valence electrons. The molecule has 3 aromatic carbocycles. The Balaban J connectivity index is 1.57. The molecule has 3 aromatic rings. The van der Waals surface area contributed by atoms with Gasteiger partial charge < -0.3 is 20.1 Å². The maximum atomic E-state index is 14.3. The van der Waals surface area contributed by atoms with E-state index in [-0.39, 0.29) is 24.3 Å². The zero-order chi connectivity index (χ0) is 26.4. The van der Waals surface area contributed by atoms with Gasteiger partial charge in [0.15, 0.2) is 0 Å². The van der Waals surface area contributed by atoms with Crippen molar-refractivity contribution < 1.29 is 19.1 Å². The first-order chi connectivity index (χ1) is 18.4. The largest absolute Gasteiger partial charge is 0.490 e. The third kappa shape index (κ3) is 4.47. The Morgan fingerprint density at radius 3 is 2.55 bits per heavy atom. The number of amides is 2. The highest BCUT2D eigenvalue weighted by atomic mass is 127. The van der Waals surface area contributed by atoms with Gasteiger partial charge in [0.05, 0.1) is 19.3 Å². The molecular weight excluding hydrogens is 638 g/mol. The second-order valence-electron chi connectivity index (χ2n) is 9.94. The van der Waals surface area contributed by atoms with Gasteiger partial charge in [-0.05, 0) is 76.2 Å². The highest BCUT2D eigenvalue weighted by Gasteiger charge is 2.61. The van der Waals surface area contributed by atoms with Crippen LogP contribution in [-0.4, -0.2) is 31.1 Å². The van der Waals surface area contributed by atoms with E-state index in [1.165, 1.54) is 0 Å². The number of ether oxygens (including phenoxy) is 2. The number of nitrogens with one attached hydrogen (secondary N) is 2. The zero-order valence-electron chi connectivity index (χ0n) is 20.3. The molecule has 3 unspecified atom stereocenters. The summed E-state index contributed by atoms with van der Waals surface area (Å²) >= 11 is 15.0. The number of anilines is 1. The quantitative estimate of drug-likeness (QED) is 0.318. The van der Waals surface area contributed by atoms with Crippen molar-refractivity contribution in [2.45, 2.75) is 42.7 Å². The van der Waals surface area contributed by atoms with Crippen molar-refractivity contribution in [1.29, 1.82) is 0 Å². The Kier molecular flexibility index (Phi) is 7.05. The topological polar surface area (TPSA) is 76.7 Å². The average molecular weight is 663 g/mol. The first-order valence-corrected chi connectivity index (χ1v) is 14.4. The molecular formula is C29H25Cl2IN2O4. The van der Waals surface area contributed by atoms with E-state index in [2.05, 4.69) is 33.2 Å². The number of carbonyl (C=O) groups excluding carboxylic acids is 2. The van der Waals surface area contributed by atoms with Gasteiger partial charge in [0.2, 0.25) is 11.8 Å². The fraction of sp³-hybridized carbons (Fsp3) is 0.310. The van der Waals surface area contributed by atoms with Crippen LogP contribution in [0.25, 0.3) is 0 Å². The van der Waals surface area contributed by atoms with E-state index in [0.717, 1.165) is 33.1 Å². The summed E-state index contributed by atoms with van der Waals surface area (Å²) < 4.78 is 13.0. The summed E-state index contributed by atoms with van der Waals surface area (Å²) in [5, 5.41) is 7.34. The van der Waals surface area contributed by atoms with Crippen LogP contribution in [0.15, 0.2) is 60.7 Å². The lowest BCUT2D eigenvalue weighted by Crippen LogP contribution is -2.57. The molecule has 3 atom stereocenters. The SMILES string of the molecule is O=C1CC(c2cccc(Cl)c2)C2(C(=O)Nc3cc(Cl)ccc32)C(c2cc(I)ccc2OC2CCOCC2)N1. The van der Waals surface area contributed by atoms with Crippen molar-refractivity contribution in [3.8, 4) is 5.75 Å². The second-order valence-corrected chi connectivity index (χ2v) is 12.1. The van der Waals surface area contributed by atoms with E-state index in [9.17, 15) is 9.59 Å². The minimum Gasteiger partial charge on any atom is -0.490 e. The number of hydrogen-bond acceptors (Lipinski definition) is 4. The lowest BCUT2D eigenvalue weighted by molar-refractivity contribution is -0.131. The Bertz CT molecular complexity index is 1430. The molecule has 0 bridgehead atoms. The van der Waals surface area contributed by atoms with Crippen LogP contribution in [-0.2, 0) is 19.7 Å². The molecule has 2 fully saturated rings. The molecule has 9 heteroatoms. The van der Waals surface area contributed by atoms with Crippen LogP contribution in [0.1, 0.15) is 47.9 Å². The fourth-order valence-electron chi connectivity index (χ4n) is 6.10. The van der Waals surface area contributed by atoms with Crippen LogP contribution in [0.3, 0.4) is 0 Å². The summed E-state index contributed by atoms with van der Waals surface area (Å²) in [7, 11) is 0. The average Bonchev–Trinajstić information content (AvgIpc) is 3.18. The van der Waals surface area contributed by atoms with Crippen molar-refractivity contribution in [2.24, 2.45) is 0 Å². The summed E-state index contributed by atoms with van der Waals surface area (Å²) in [6.45, 7) is 1.28. The molecule has 38 heavy (non-hydrogen) atoms. The van der Waals surface area contributed by atoms with Gasteiger partial charge in [0, 0.05) is 50.0 Å². The molecule has 3 aliphatic rings. The Morgan fingerprint density at radius 1 is 0.974 bits per heavy atom. The molecule has 0 aromatic heterocycles. The number of piperidine rings is 1. The number of fused-ring (bicyclic) bond motifs is 2. The molecule has 3 aliphatic heterocycles. The summed E-state index contributed by atoms with van der Waals surface area (Å²) in [5.74, 6) is -0.155. The van der Waals surface area contributed by atoms with E-state index in [1.54, 1.807) is 18.2 Å². The summed E-state index contributed by atoms with van der Waals surface area (Å²) in [4.78, 5) is 27.6. The standard InChI is InChI=1S/C29H25Cl2IN2O4/c30-17-3-1-2-16(12-17)23-15-26(35)34-27(29(23)22-6-4-18(31)13-24(22)33-28(29)36)21-14-19(32)5-7-25(21)38-20-8-10-37-11-9-20/h1-7,12-14,20,23,27H,8-11,15H2,(H,33,36)(H,34,35). The van der Waals surface area contributed by atoms with Gasteiger partial charge in [0.25, 0.3) is 0 Å². The first-order valence-electron chi connectivity index (χ1n) is 12.6. The number of benzene rings is 3. The van der Waals surface area contributed by atoms with Gasteiger partial charge in [-0.2, -0.15) is 0 Å². The highest BCUT2D eigenvalue weighted by Crippen LogP contribution is 2.58. The van der Waals surface area contributed by atoms with Crippen molar-refractivity contribution in [2.75, 3.05) is 18.5 Å². The van der Waals surface area contributed by atoms with Crippen LogP contribution in [0.4, 0.5) is 5.69 Å². The van der Waals surface area contributed by atoms with E-state index in [0.29, 0.717) is 34.7 Å².